The Labute approximate surface area is 156 Å². The van der Waals surface area contributed by atoms with Crippen LogP contribution in [0.3, 0.4) is 0 Å². The number of hydroxylamine groups is 1. The first kappa shape index (κ1) is 17.7. The summed E-state index contributed by atoms with van der Waals surface area (Å²) in [5.74, 6) is -0.727. The number of halogens is 1. The van der Waals surface area contributed by atoms with E-state index in [1.165, 1.54) is 6.07 Å². The number of rotatable bonds is 3. The number of fused-ring (bicyclic) bond motifs is 1. The summed E-state index contributed by atoms with van der Waals surface area (Å²) in [6, 6.07) is 11.9. The van der Waals surface area contributed by atoms with E-state index in [1.807, 2.05) is 6.07 Å². The number of hydrogen-bond acceptors (Lipinski definition) is 3. The SMILES string of the molecule is O=C(NO)c1ccc2c(c1)CC[C@]1(CCN(Cc3ccccc3F)C1=O)C2. The Morgan fingerprint density at radius 3 is 2.78 bits per heavy atom. The summed E-state index contributed by atoms with van der Waals surface area (Å²) >= 11 is 0. The minimum Gasteiger partial charge on any atom is -0.338 e. The lowest BCUT2D eigenvalue weighted by molar-refractivity contribution is -0.137. The Bertz CT molecular complexity index is 914. The number of hydrogen-bond donors (Lipinski definition) is 2. The van der Waals surface area contributed by atoms with E-state index in [1.54, 1.807) is 40.7 Å². The summed E-state index contributed by atoms with van der Waals surface area (Å²) in [5, 5.41) is 8.79. The summed E-state index contributed by atoms with van der Waals surface area (Å²) in [5.41, 5.74) is 4.27. The highest BCUT2D eigenvalue weighted by Gasteiger charge is 2.48. The van der Waals surface area contributed by atoms with Gasteiger partial charge in [0.1, 0.15) is 5.82 Å². The van der Waals surface area contributed by atoms with Gasteiger partial charge in [-0.25, -0.2) is 9.87 Å². The summed E-state index contributed by atoms with van der Waals surface area (Å²) < 4.78 is 13.9. The third-order valence-corrected chi connectivity index (χ3v) is 5.89. The third-order valence-electron chi connectivity index (χ3n) is 5.89. The summed E-state index contributed by atoms with van der Waals surface area (Å²) in [6.45, 7) is 0.934. The molecular formula is C21H21FN2O3. The number of amides is 2. The lowest BCUT2D eigenvalue weighted by Gasteiger charge is -2.33. The Balaban J connectivity index is 1.53. The van der Waals surface area contributed by atoms with E-state index in [9.17, 15) is 14.0 Å². The maximum absolute atomic E-state index is 13.9. The third kappa shape index (κ3) is 3.10. The molecule has 1 spiro atoms. The fraction of sp³-hybridized carbons (Fsp3) is 0.333. The number of nitrogens with zero attached hydrogens (tertiary/aromatic N) is 1. The molecule has 0 radical (unpaired) electrons. The highest BCUT2D eigenvalue weighted by Crippen LogP contribution is 2.44. The Kier molecular flexibility index (Phi) is 4.44. The Hall–Kier alpha value is -2.73. The maximum atomic E-state index is 13.9. The molecule has 0 aromatic heterocycles. The van der Waals surface area contributed by atoms with E-state index >= 15 is 0 Å². The zero-order valence-electron chi connectivity index (χ0n) is 14.9. The largest absolute Gasteiger partial charge is 0.338 e. The smallest absolute Gasteiger partial charge is 0.274 e. The van der Waals surface area contributed by atoms with Gasteiger partial charge in [-0.3, -0.25) is 14.8 Å². The van der Waals surface area contributed by atoms with Gasteiger partial charge in [-0.2, -0.15) is 0 Å². The van der Waals surface area contributed by atoms with Crippen molar-refractivity contribution in [1.29, 1.82) is 0 Å². The molecule has 1 fully saturated rings. The van der Waals surface area contributed by atoms with Crippen molar-refractivity contribution in [2.45, 2.75) is 32.2 Å². The van der Waals surface area contributed by atoms with Gasteiger partial charge in [0, 0.05) is 24.2 Å². The molecule has 2 aromatic carbocycles. The van der Waals surface area contributed by atoms with Crippen LogP contribution in [0.25, 0.3) is 0 Å². The van der Waals surface area contributed by atoms with Crippen LogP contribution in [-0.2, 0) is 24.2 Å². The normalized spacial score (nSPS) is 21.4. The van der Waals surface area contributed by atoms with Crippen molar-refractivity contribution in [2.24, 2.45) is 5.41 Å². The molecule has 2 aromatic rings. The van der Waals surface area contributed by atoms with Gasteiger partial charge in [0.2, 0.25) is 5.91 Å². The number of carbonyl (C=O) groups is 2. The maximum Gasteiger partial charge on any atom is 0.274 e. The molecule has 4 rings (SSSR count). The zero-order valence-corrected chi connectivity index (χ0v) is 14.9. The predicted molar refractivity (Wildman–Crippen MR) is 96.6 cm³/mol. The fourth-order valence-electron chi connectivity index (χ4n) is 4.34. The molecular weight excluding hydrogens is 347 g/mol. The molecule has 1 heterocycles. The second-order valence-electron chi connectivity index (χ2n) is 7.45. The van der Waals surface area contributed by atoms with Crippen molar-refractivity contribution in [3.05, 3.63) is 70.5 Å². The topological polar surface area (TPSA) is 69.6 Å². The standard InChI is InChI=1S/C21H21FN2O3/c22-18-4-2-1-3-17(18)13-24-10-9-21(20(24)26)8-7-14-11-15(19(25)23-27)5-6-16(14)12-21/h1-6,11,27H,7-10,12-13H2,(H,23,25)/t21-/m0/s1. The number of carbonyl (C=O) groups excluding carboxylic acids is 2. The van der Waals surface area contributed by atoms with Gasteiger partial charge in [-0.1, -0.05) is 24.3 Å². The first-order valence-corrected chi connectivity index (χ1v) is 9.11. The zero-order chi connectivity index (χ0) is 19.0. The quantitative estimate of drug-likeness (QED) is 0.647. The van der Waals surface area contributed by atoms with Gasteiger partial charge in [0.15, 0.2) is 0 Å². The van der Waals surface area contributed by atoms with Crippen LogP contribution in [0.2, 0.25) is 0 Å². The van der Waals surface area contributed by atoms with Gasteiger partial charge in [-0.05, 0) is 55.0 Å². The van der Waals surface area contributed by atoms with E-state index in [0.29, 0.717) is 37.1 Å². The van der Waals surface area contributed by atoms with E-state index in [-0.39, 0.29) is 11.7 Å². The van der Waals surface area contributed by atoms with Crippen molar-refractivity contribution < 1.29 is 19.2 Å². The minimum atomic E-state index is -0.536. The minimum absolute atomic E-state index is 0.0913. The highest BCUT2D eigenvalue weighted by molar-refractivity contribution is 5.93. The van der Waals surface area contributed by atoms with Crippen molar-refractivity contribution in [3.63, 3.8) is 0 Å². The van der Waals surface area contributed by atoms with E-state index in [4.69, 9.17) is 5.21 Å². The highest BCUT2D eigenvalue weighted by atomic mass is 19.1. The van der Waals surface area contributed by atoms with Crippen LogP contribution in [0, 0.1) is 11.2 Å². The first-order valence-electron chi connectivity index (χ1n) is 9.11. The number of aryl methyl sites for hydroxylation is 1. The fourth-order valence-corrected chi connectivity index (χ4v) is 4.34. The number of nitrogens with one attached hydrogen (secondary N) is 1. The van der Waals surface area contributed by atoms with E-state index in [2.05, 4.69) is 0 Å². The molecule has 2 aliphatic rings. The van der Waals surface area contributed by atoms with Crippen molar-refractivity contribution in [3.8, 4) is 0 Å². The lowest BCUT2D eigenvalue weighted by atomic mass is 9.70. The van der Waals surface area contributed by atoms with E-state index in [0.717, 1.165) is 24.0 Å². The Morgan fingerprint density at radius 2 is 2.00 bits per heavy atom. The van der Waals surface area contributed by atoms with Crippen LogP contribution in [0.1, 0.15) is 39.9 Å². The van der Waals surface area contributed by atoms with Gasteiger partial charge in [0.25, 0.3) is 5.91 Å². The second kappa shape index (κ2) is 6.78. The van der Waals surface area contributed by atoms with E-state index < -0.39 is 11.3 Å². The first-order chi connectivity index (χ1) is 13.0. The monoisotopic (exact) mass is 368 g/mol. The van der Waals surface area contributed by atoms with Gasteiger partial charge >= 0.3 is 0 Å². The van der Waals surface area contributed by atoms with Gasteiger partial charge in [0.05, 0.1) is 5.41 Å². The Morgan fingerprint density at radius 1 is 1.19 bits per heavy atom. The van der Waals surface area contributed by atoms with Crippen LogP contribution in [0.4, 0.5) is 4.39 Å². The van der Waals surface area contributed by atoms with Crippen molar-refractivity contribution >= 4 is 11.8 Å². The summed E-state index contributed by atoms with van der Waals surface area (Å²) in [6.07, 6.45) is 2.83. The molecule has 140 valence electrons. The van der Waals surface area contributed by atoms with Crippen LogP contribution in [0.5, 0.6) is 0 Å². The van der Waals surface area contributed by atoms with Crippen molar-refractivity contribution in [1.82, 2.24) is 10.4 Å². The van der Waals surface area contributed by atoms with Gasteiger partial charge in [-0.15, -0.1) is 0 Å². The molecule has 1 aliphatic heterocycles. The molecule has 0 bridgehead atoms. The molecule has 27 heavy (non-hydrogen) atoms. The predicted octanol–water partition coefficient (Wildman–Crippen LogP) is 2.85. The van der Waals surface area contributed by atoms with Crippen LogP contribution < -0.4 is 5.48 Å². The number of likely N-dealkylation sites (tertiary alicyclic amines) is 1. The molecule has 2 N–H and O–H groups in total. The van der Waals surface area contributed by atoms with Crippen molar-refractivity contribution in [2.75, 3.05) is 6.54 Å². The second-order valence-corrected chi connectivity index (χ2v) is 7.45. The molecule has 1 aliphatic carbocycles. The molecule has 1 atom stereocenters. The molecule has 0 unspecified atom stereocenters. The molecule has 0 saturated carbocycles. The summed E-state index contributed by atoms with van der Waals surface area (Å²) in [4.78, 5) is 26.5. The number of benzene rings is 2. The average molecular weight is 368 g/mol. The van der Waals surface area contributed by atoms with Crippen LogP contribution in [-0.4, -0.2) is 28.5 Å². The average Bonchev–Trinajstić information content (AvgIpc) is 2.98. The molecule has 6 heteroatoms. The van der Waals surface area contributed by atoms with Crippen LogP contribution >= 0.6 is 0 Å². The molecule has 1 saturated heterocycles. The molecule has 2 amide bonds. The van der Waals surface area contributed by atoms with Gasteiger partial charge < -0.3 is 4.90 Å². The van der Waals surface area contributed by atoms with Crippen LogP contribution in [0.15, 0.2) is 42.5 Å². The summed E-state index contributed by atoms with van der Waals surface area (Å²) in [7, 11) is 0. The lowest BCUT2D eigenvalue weighted by Crippen LogP contribution is -2.38. The molecule has 5 nitrogen and oxygen atoms in total.